The second kappa shape index (κ2) is 11.7. The fourth-order valence-electron chi connectivity index (χ4n) is 7.01. The van der Waals surface area contributed by atoms with Crippen LogP contribution in [0.5, 0.6) is 0 Å². The van der Waals surface area contributed by atoms with Gasteiger partial charge in [0.15, 0.2) is 18.9 Å². The zero-order chi connectivity index (χ0) is 31.3. The lowest BCUT2D eigenvalue weighted by Gasteiger charge is -2.15. The van der Waals surface area contributed by atoms with Crippen LogP contribution in [0.1, 0.15) is 58.4 Å². The van der Waals surface area contributed by atoms with Crippen molar-refractivity contribution < 1.29 is 9.13 Å². The van der Waals surface area contributed by atoms with Crippen LogP contribution in [0.3, 0.4) is 0 Å². The number of nitrogens with zero attached hydrogens (tertiary/aromatic N) is 2. The minimum absolute atomic E-state index is 0.634. The van der Waals surface area contributed by atoms with Gasteiger partial charge < -0.3 is 0 Å². The largest absolute Gasteiger partial charge is 0.220 e. The molecule has 6 rings (SSSR count). The highest BCUT2D eigenvalue weighted by Crippen LogP contribution is 2.33. The predicted molar refractivity (Wildman–Crippen MR) is 186 cm³/mol. The third-order valence-corrected chi connectivity index (χ3v) is 9.43. The zero-order valence-electron chi connectivity index (χ0n) is 28.0. The van der Waals surface area contributed by atoms with Gasteiger partial charge in [0.05, 0.1) is 21.9 Å². The molecule has 0 unspecified atom stereocenters. The van der Waals surface area contributed by atoms with Crippen LogP contribution in [0.15, 0.2) is 85.2 Å². The van der Waals surface area contributed by atoms with Gasteiger partial charge in [-0.05, 0) is 117 Å². The number of benzene rings is 4. The van der Waals surface area contributed by atoms with Gasteiger partial charge >= 0.3 is 0 Å². The number of hydrogen-bond acceptors (Lipinski definition) is 0. The Labute approximate surface area is 263 Å². The molecule has 2 aromatic heterocycles. The third kappa shape index (κ3) is 5.54. The summed E-state index contributed by atoms with van der Waals surface area (Å²) in [4.78, 5) is 0. The molecule has 2 heteroatoms. The fourth-order valence-corrected chi connectivity index (χ4v) is 7.01. The Morgan fingerprint density at radius 1 is 0.568 bits per heavy atom. The standard InChI is InChI=1S/C42H46N2/c1-26(2)18-33-11-13-37-36(23-33)15-17-44(42(37)39-22-28(4)20-30(6)32(39)8)25-34-10-12-35-14-16-43(9)41(40(35)24-34)38-21-27(3)19-29(5)31(38)7/h10-17,19-24,26H,18,25H2,1-9H3/q+2. The minimum atomic E-state index is 0.634. The molecule has 0 fully saturated rings. The first kappa shape index (κ1) is 29.8. The molecule has 0 atom stereocenters. The Bertz CT molecular complexity index is 2060. The van der Waals surface area contributed by atoms with Gasteiger partial charge in [0.2, 0.25) is 11.4 Å². The lowest BCUT2D eigenvalue weighted by molar-refractivity contribution is -0.676. The molecule has 0 aliphatic rings. The van der Waals surface area contributed by atoms with Gasteiger partial charge in [-0.25, -0.2) is 4.57 Å². The summed E-state index contributed by atoms with van der Waals surface area (Å²) in [7, 11) is 2.17. The van der Waals surface area contributed by atoms with Gasteiger partial charge in [0.1, 0.15) is 7.05 Å². The Morgan fingerprint density at radius 3 is 1.84 bits per heavy atom. The van der Waals surface area contributed by atoms with Crippen molar-refractivity contribution in [3.05, 3.63) is 130 Å². The summed E-state index contributed by atoms with van der Waals surface area (Å²) in [6.07, 6.45) is 5.60. The van der Waals surface area contributed by atoms with Crippen LogP contribution < -0.4 is 9.13 Å². The van der Waals surface area contributed by atoms with Crippen LogP contribution in [0.2, 0.25) is 0 Å². The normalized spacial score (nSPS) is 11.7. The van der Waals surface area contributed by atoms with E-state index in [1.807, 2.05) is 0 Å². The van der Waals surface area contributed by atoms with Crippen molar-refractivity contribution in [2.75, 3.05) is 0 Å². The smallest absolute Gasteiger partial charge is 0.200 e. The lowest BCUT2D eigenvalue weighted by Crippen LogP contribution is -2.37. The Morgan fingerprint density at radius 2 is 1.18 bits per heavy atom. The van der Waals surface area contributed by atoms with Gasteiger partial charge in [-0.1, -0.05) is 61.4 Å². The lowest BCUT2D eigenvalue weighted by atomic mass is 9.92. The van der Waals surface area contributed by atoms with Crippen molar-refractivity contribution in [3.8, 4) is 22.5 Å². The topological polar surface area (TPSA) is 7.76 Å². The van der Waals surface area contributed by atoms with Crippen LogP contribution in [-0.2, 0) is 20.0 Å². The monoisotopic (exact) mass is 578 g/mol. The number of rotatable bonds is 6. The van der Waals surface area contributed by atoms with Crippen molar-refractivity contribution in [3.63, 3.8) is 0 Å². The van der Waals surface area contributed by atoms with E-state index in [9.17, 15) is 0 Å². The van der Waals surface area contributed by atoms with Crippen LogP contribution >= 0.6 is 0 Å². The van der Waals surface area contributed by atoms with Crippen LogP contribution in [0.4, 0.5) is 0 Å². The summed E-state index contributed by atoms with van der Waals surface area (Å²) in [5.41, 5.74) is 15.9. The predicted octanol–water partition coefficient (Wildman–Crippen LogP) is 9.54. The van der Waals surface area contributed by atoms with Gasteiger partial charge in [-0.3, -0.25) is 0 Å². The quantitative estimate of drug-likeness (QED) is 0.174. The molecule has 4 aromatic carbocycles. The SMILES string of the molecule is Cc1cc(C)c(C)c(-c2c3cc(C[n+]4ccc5cc(CC(C)C)ccc5c4-c4cc(C)cc(C)c4C)ccc3cc[n+]2C)c1. The molecular formula is C42H46N2+2. The Kier molecular flexibility index (Phi) is 7.88. The van der Waals surface area contributed by atoms with Crippen molar-refractivity contribution in [2.24, 2.45) is 13.0 Å². The average molecular weight is 579 g/mol. The Hall–Kier alpha value is -4.30. The molecule has 2 heterocycles. The van der Waals surface area contributed by atoms with Gasteiger partial charge in [0.25, 0.3) is 0 Å². The molecule has 0 saturated carbocycles. The minimum Gasteiger partial charge on any atom is -0.200 e. The number of aromatic nitrogens is 2. The summed E-state index contributed by atoms with van der Waals surface area (Å²) in [6, 6.07) is 28.0. The molecule has 2 nitrogen and oxygen atoms in total. The van der Waals surface area contributed by atoms with E-state index in [0.29, 0.717) is 5.92 Å². The summed E-state index contributed by atoms with van der Waals surface area (Å²) in [5, 5.41) is 5.19. The summed E-state index contributed by atoms with van der Waals surface area (Å²) < 4.78 is 4.76. The first-order chi connectivity index (χ1) is 21.0. The number of pyridine rings is 2. The van der Waals surface area contributed by atoms with E-state index in [-0.39, 0.29) is 0 Å². The molecule has 0 bridgehead atoms. The molecule has 0 aliphatic carbocycles. The van der Waals surface area contributed by atoms with E-state index in [0.717, 1.165) is 13.0 Å². The van der Waals surface area contributed by atoms with Crippen molar-refractivity contribution in [2.45, 2.75) is 68.4 Å². The molecule has 0 N–H and O–H groups in total. The first-order valence-electron chi connectivity index (χ1n) is 16.0. The van der Waals surface area contributed by atoms with E-state index >= 15 is 0 Å². The van der Waals surface area contributed by atoms with Gasteiger partial charge in [-0.15, -0.1) is 0 Å². The third-order valence-electron chi connectivity index (χ3n) is 9.43. The molecule has 0 radical (unpaired) electrons. The molecule has 44 heavy (non-hydrogen) atoms. The van der Waals surface area contributed by atoms with E-state index in [1.165, 1.54) is 88.6 Å². The fraction of sp³-hybridized carbons (Fsp3) is 0.286. The highest BCUT2D eigenvalue weighted by molar-refractivity contribution is 5.95. The average Bonchev–Trinajstić information content (AvgIpc) is 2.97. The van der Waals surface area contributed by atoms with E-state index in [2.05, 4.69) is 157 Å². The molecule has 222 valence electrons. The van der Waals surface area contributed by atoms with Crippen molar-refractivity contribution >= 4 is 21.5 Å². The molecule has 6 aromatic rings. The maximum Gasteiger partial charge on any atom is 0.220 e. The van der Waals surface area contributed by atoms with Crippen LogP contribution in [0.25, 0.3) is 44.1 Å². The van der Waals surface area contributed by atoms with Gasteiger partial charge in [0, 0.05) is 17.7 Å². The van der Waals surface area contributed by atoms with E-state index in [4.69, 9.17) is 0 Å². The molecule has 0 aliphatic heterocycles. The highest BCUT2D eigenvalue weighted by atomic mass is 15.0. The molecule has 0 spiro atoms. The highest BCUT2D eigenvalue weighted by Gasteiger charge is 2.23. The summed E-state index contributed by atoms with van der Waals surface area (Å²) in [6.45, 7) is 18.8. The number of hydrogen-bond donors (Lipinski definition) is 0. The first-order valence-corrected chi connectivity index (χ1v) is 16.0. The maximum absolute atomic E-state index is 2.47. The second-order valence-electron chi connectivity index (χ2n) is 13.5. The molecule has 0 amide bonds. The van der Waals surface area contributed by atoms with E-state index in [1.54, 1.807) is 0 Å². The van der Waals surface area contributed by atoms with Crippen LogP contribution in [0, 0.1) is 47.5 Å². The summed E-state index contributed by atoms with van der Waals surface area (Å²) >= 11 is 0. The Balaban J connectivity index is 1.55. The van der Waals surface area contributed by atoms with E-state index < -0.39 is 0 Å². The number of fused-ring (bicyclic) bond motifs is 2. The second-order valence-corrected chi connectivity index (χ2v) is 13.5. The van der Waals surface area contributed by atoms with Crippen molar-refractivity contribution in [1.29, 1.82) is 0 Å². The van der Waals surface area contributed by atoms with Crippen molar-refractivity contribution in [1.82, 2.24) is 0 Å². The summed E-state index contributed by atoms with van der Waals surface area (Å²) in [5.74, 6) is 0.634. The van der Waals surface area contributed by atoms with Gasteiger partial charge in [-0.2, -0.15) is 4.57 Å². The zero-order valence-corrected chi connectivity index (χ0v) is 28.0. The number of aryl methyl sites for hydroxylation is 5. The maximum atomic E-state index is 2.47. The molecular weight excluding hydrogens is 532 g/mol. The molecule has 0 saturated heterocycles. The van der Waals surface area contributed by atoms with Crippen LogP contribution in [-0.4, -0.2) is 0 Å².